The van der Waals surface area contributed by atoms with Crippen LogP contribution < -0.4 is 20.1 Å². The van der Waals surface area contributed by atoms with Crippen LogP contribution in [0.1, 0.15) is 34.6 Å². The van der Waals surface area contributed by atoms with E-state index in [4.69, 9.17) is 9.47 Å². The lowest BCUT2D eigenvalue weighted by molar-refractivity contribution is -0.131. The number of ether oxygens (including phenoxy) is 2. The maximum atomic E-state index is 13.7. The van der Waals surface area contributed by atoms with Gasteiger partial charge in [0.1, 0.15) is 0 Å². The fraction of sp³-hybridized carbons (Fsp3) is 0.419. The maximum absolute atomic E-state index is 13.7. The molecule has 2 aliphatic rings. The van der Waals surface area contributed by atoms with E-state index in [0.29, 0.717) is 53.3 Å². The van der Waals surface area contributed by atoms with Gasteiger partial charge in [-0.25, -0.2) is 0 Å². The topological polar surface area (TPSA) is 143 Å². The number of piperidine rings is 1. The highest BCUT2D eigenvalue weighted by atomic mass is 16.5. The van der Waals surface area contributed by atoms with Gasteiger partial charge in [0.25, 0.3) is 11.8 Å². The summed E-state index contributed by atoms with van der Waals surface area (Å²) in [4.78, 5) is 64.6. The van der Waals surface area contributed by atoms with Crippen molar-refractivity contribution >= 4 is 34.7 Å². The number of nitrogens with zero attached hydrogens (tertiary/aromatic N) is 4. The summed E-state index contributed by atoms with van der Waals surface area (Å²) < 4.78 is 11.3. The molecule has 0 spiro atoms. The van der Waals surface area contributed by atoms with E-state index < -0.39 is 5.92 Å². The fourth-order valence-electron chi connectivity index (χ4n) is 5.89. The van der Waals surface area contributed by atoms with E-state index in [0.717, 1.165) is 0 Å². The minimum Gasteiger partial charge on any atom is -0.493 e. The van der Waals surface area contributed by atoms with Crippen LogP contribution in [-0.4, -0.2) is 96.4 Å². The Hall–Kier alpha value is -4.74. The molecule has 12 nitrogen and oxygen atoms in total. The van der Waals surface area contributed by atoms with Gasteiger partial charge in [-0.2, -0.15) is 0 Å². The Morgan fingerprint density at radius 3 is 2.21 bits per heavy atom. The van der Waals surface area contributed by atoms with Crippen molar-refractivity contribution in [3.05, 3.63) is 59.9 Å². The summed E-state index contributed by atoms with van der Waals surface area (Å²) in [6.45, 7) is 4.92. The third-order valence-electron chi connectivity index (χ3n) is 7.98. The van der Waals surface area contributed by atoms with Gasteiger partial charge < -0.3 is 29.9 Å². The number of fused-ring (bicyclic) bond motifs is 2. The number of carbonyl (C=O) groups is 4. The molecule has 12 heteroatoms. The van der Waals surface area contributed by atoms with Crippen LogP contribution in [0.5, 0.6) is 11.5 Å². The highest BCUT2D eigenvalue weighted by molar-refractivity contribution is 5.98. The second kappa shape index (κ2) is 12.6. The maximum Gasteiger partial charge on any atom is 0.254 e. The van der Waals surface area contributed by atoms with Crippen molar-refractivity contribution in [2.24, 2.45) is 17.8 Å². The summed E-state index contributed by atoms with van der Waals surface area (Å²) in [5, 5.41) is 5.21. The van der Waals surface area contributed by atoms with Crippen LogP contribution >= 0.6 is 0 Å². The van der Waals surface area contributed by atoms with Crippen molar-refractivity contribution in [2.45, 2.75) is 20.0 Å². The smallest absolute Gasteiger partial charge is 0.254 e. The quantitative estimate of drug-likeness (QED) is 0.405. The van der Waals surface area contributed by atoms with Gasteiger partial charge in [-0.1, -0.05) is 0 Å². The number of hydrogen-bond donors (Lipinski definition) is 2. The molecule has 3 heterocycles. The molecule has 2 saturated heterocycles. The monoisotopic (exact) mass is 588 g/mol. The summed E-state index contributed by atoms with van der Waals surface area (Å²) in [6.07, 6.45) is 3.10. The minimum absolute atomic E-state index is 0.0585. The number of likely N-dealkylation sites (N-methyl/N-ethyl adjacent to an activating group) is 1. The van der Waals surface area contributed by atoms with Crippen molar-refractivity contribution < 1.29 is 28.7 Å². The van der Waals surface area contributed by atoms with Crippen molar-refractivity contribution in [1.82, 2.24) is 30.4 Å². The predicted octanol–water partition coefficient (Wildman–Crippen LogP) is 1.75. The van der Waals surface area contributed by atoms with Crippen LogP contribution in [0.2, 0.25) is 0 Å². The molecule has 3 unspecified atom stereocenters. The van der Waals surface area contributed by atoms with Gasteiger partial charge in [-0.05, 0) is 62.1 Å². The zero-order valence-electron chi connectivity index (χ0n) is 24.7. The Bertz CT molecular complexity index is 1540. The van der Waals surface area contributed by atoms with Crippen LogP contribution in [0, 0.1) is 17.8 Å². The molecule has 0 bridgehead atoms. The van der Waals surface area contributed by atoms with Gasteiger partial charge in [0.05, 0.1) is 36.7 Å². The van der Waals surface area contributed by atoms with Crippen molar-refractivity contribution in [3.8, 4) is 11.5 Å². The van der Waals surface area contributed by atoms with Gasteiger partial charge in [0.2, 0.25) is 11.8 Å². The Labute approximate surface area is 249 Å². The highest BCUT2D eigenvalue weighted by Crippen LogP contribution is 2.37. The molecular weight excluding hydrogens is 552 g/mol. The number of benzene rings is 2. The standard InChI is InChI=1S/C31H36N6O6/c1-18(2)43-26-8-6-20(12-27(26)42-4)31(41)36-14-21-15-37(17-23(22(21)16-36)29(39)35-13-28(38)32-3)30(40)19-5-7-24-25(11-19)34-10-9-33-24/h5-12,18,21-23H,13-17H2,1-4H3,(H,32,38)(H,35,39). The first-order valence-corrected chi connectivity index (χ1v) is 14.3. The first-order chi connectivity index (χ1) is 20.7. The van der Waals surface area contributed by atoms with E-state index in [1.165, 1.54) is 14.2 Å². The van der Waals surface area contributed by atoms with Crippen LogP contribution in [0.3, 0.4) is 0 Å². The number of aromatic nitrogens is 2. The molecule has 1 aromatic heterocycles. The predicted molar refractivity (Wildman–Crippen MR) is 158 cm³/mol. The average molecular weight is 589 g/mol. The Morgan fingerprint density at radius 2 is 1.53 bits per heavy atom. The molecule has 4 amide bonds. The van der Waals surface area contributed by atoms with E-state index in [9.17, 15) is 19.2 Å². The summed E-state index contributed by atoms with van der Waals surface area (Å²) in [7, 11) is 3.02. The minimum atomic E-state index is -0.609. The van der Waals surface area contributed by atoms with Gasteiger partial charge in [0, 0.05) is 56.7 Å². The lowest BCUT2D eigenvalue weighted by Gasteiger charge is -2.39. The molecule has 3 aromatic rings. The molecule has 5 rings (SSSR count). The molecule has 2 aliphatic heterocycles. The molecule has 0 radical (unpaired) electrons. The Morgan fingerprint density at radius 1 is 0.884 bits per heavy atom. The number of amides is 4. The zero-order valence-corrected chi connectivity index (χ0v) is 24.7. The normalized spacial score (nSPS) is 19.6. The number of likely N-dealkylation sites (tertiary alicyclic amines) is 2. The molecule has 0 aliphatic carbocycles. The van der Waals surface area contributed by atoms with Crippen LogP contribution in [0.25, 0.3) is 11.0 Å². The Balaban J connectivity index is 1.38. The molecule has 0 saturated carbocycles. The van der Waals surface area contributed by atoms with Crippen LogP contribution in [0.4, 0.5) is 0 Å². The molecule has 2 fully saturated rings. The lowest BCUT2D eigenvalue weighted by atomic mass is 9.79. The molecule has 226 valence electrons. The zero-order chi connectivity index (χ0) is 30.7. The lowest BCUT2D eigenvalue weighted by Crippen LogP contribution is -2.53. The largest absolute Gasteiger partial charge is 0.493 e. The third-order valence-corrected chi connectivity index (χ3v) is 7.98. The number of rotatable bonds is 8. The van der Waals surface area contributed by atoms with Gasteiger partial charge in [-0.15, -0.1) is 0 Å². The molecule has 3 atom stereocenters. The highest BCUT2D eigenvalue weighted by Gasteiger charge is 2.48. The average Bonchev–Trinajstić information content (AvgIpc) is 3.46. The van der Waals surface area contributed by atoms with E-state index >= 15 is 0 Å². The van der Waals surface area contributed by atoms with Crippen molar-refractivity contribution in [1.29, 1.82) is 0 Å². The second-order valence-electron chi connectivity index (χ2n) is 11.1. The summed E-state index contributed by atoms with van der Waals surface area (Å²) >= 11 is 0. The van der Waals surface area contributed by atoms with E-state index in [2.05, 4.69) is 20.6 Å². The molecule has 43 heavy (non-hydrogen) atoms. The first-order valence-electron chi connectivity index (χ1n) is 14.3. The molecule has 2 aromatic carbocycles. The third kappa shape index (κ3) is 6.37. The first kappa shape index (κ1) is 29.7. The summed E-state index contributed by atoms with van der Waals surface area (Å²) in [5.41, 5.74) is 2.16. The van der Waals surface area contributed by atoms with E-state index in [1.54, 1.807) is 58.6 Å². The van der Waals surface area contributed by atoms with Gasteiger partial charge >= 0.3 is 0 Å². The number of nitrogens with one attached hydrogen (secondary N) is 2. The molecular formula is C31H36N6O6. The second-order valence-corrected chi connectivity index (χ2v) is 11.1. The fourth-order valence-corrected chi connectivity index (χ4v) is 5.89. The van der Waals surface area contributed by atoms with Crippen LogP contribution in [0.15, 0.2) is 48.8 Å². The Kier molecular flexibility index (Phi) is 8.74. The van der Waals surface area contributed by atoms with E-state index in [1.807, 2.05) is 13.8 Å². The summed E-state index contributed by atoms with van der Waals surface area (Å²) in [5.74, 6) is -1.01. The number of methoxy groups -OCH3 is 1. The van der Waals surface area contributed by atoms with Gasteiger partial charge in [-0.3, -0.25) is 29.1 Å². The van der Waals surface area contributed by atoms with Crippen LogP contribution in [-0.2, 0) is 9.59 Å². The van der Waals surface area contributed by atoms with Crippen molar-refractivity contribution in [3.63, 3.8) is 0 Å². The van der Waals surface area contributed by atoms with Gasteiger partial charge in [0.15, 0.2) is 11.5 Å². The number of carbonyl (C=O) groups excluding carboxylic acids is 4. The number of hydrogen-bond acceptors (Lipinski definition) is 8. The summed E-state index contributed by atoms with van der Waals surface area (Å²) in [6, 6.07) is 10.2. The van der Waals surface area contributed by atoms with E-state index in [-0.39, 0.29) is 54.7 Å². The molecule has 2 N–H and O–H groups in total. The SMILES string of the molecule is CNC(=O)CNC(=O)C1CN(C(=O)c2ccc3nccnc3c2)CC2CN(C(=O)c3ccc(OC(C)C)c(OC)c3)CC21. The van der Waals surface area contributed by atoms with Crippen molar-refractivity contribution in [2.75, 3.05) is 46.9 Å².